The van der Waals surface area contributed by atoms with Crippen LogP contribution in [0.5, 0.6) is 0 Å². The predicted molar refractivity (Wildman–Crippen MR) is 72.1 cm³/mol. The zero-order chi connectivity index (χ0) is 13.9. The molecular formula is C13H11N2O3S+. The molecule has 0 heterocycles. The van der Waals surface area contributed by atoms with Crippen LogP contribution >= 0.6 is 0 Å². The maximum atomic E-state index is 12.3. The van der Waals surface area contributed by atoms with E-state index in [0.717, 1.165) is 0 Å². The van der Waals surface area contributed by atoms with Gasteiger partial charge < -0.3 is 5.73 Å². The molecule has 0 fully saturated rings. The SMILES string of the molecule is Nc1ccc(S(=O)(=O)c2ccc(N[C+]=O)cc2)cc1. The van der Waals surface area contributed by atoms with Crippen molar-refractivity contribution in [3.05, 3.63) is 48.5 Å². The van der Waals surface area contributed by atoms with Crippen LogP contribution in [0.4, 0.5) is 11.4 Å². The van der Waals surface area contributed by atoms with Gasteiger partial charge in [-0.3, -0.25) is 0 Å². The van der Waals surface area contributed by atoms with Crippen LogP contribution in [0.15, 0.2) is 58.3 Å². The number of anilines is 2. The quantitative estimate of drug-likeness (QED) is 0.503. The number of carbonyl (C=O) groups excluding carboxylic acids is 1. The first-order valence-corrected chi connectivity index (χ1v) is 6.86. The lowest BCUT2D eigenvalue weighted by molar-refractivity contribution is 0.561. The largest absolute Gasteiger partial charge is 0.458 e. The van der Waals surface area contributed by atoms with Crippen molar-refractivity contribution in [2.75, 3.05) is 11.1 Å². The average molecular weight is 275 g/mol. The van der Waals surface area contributed by atoms with Crippen molar-refractivity contribution in [3.8, 4) is 0 Å². The lowest BCUT2D eigenvalue weighted by atomic mass is 10.3. The van der Waals surface area contributed by atoms with E-state index in [2.05, 4.69) is 5.32 Å². The smallest absolute Gasteiger partial charge is 0.399 e. The molecule has 96 valence electrons. The van der Waals surface area contributed by atoms with Crippen molar-refractivity contribution in [2.45, 2.75) is 9.79 Å². The Labute approximate surface area is 111 Å². The first-order chi connectivity index (χ1) is 9.04. The predicted octanol–water partition coefficient (Wildman–Crippen LogP) is 1.58. The molecule has 0 unspecified atom stereocenters. The Morgan fingerprint density at radius 2 is 1.37 bits per heavy atom. The fourth-order valence-corrected chi connectivity index (χ4v) is 2.82. The minimum absolute atomic E-state index is 0.147. The molecule has 3 N–H and O–H groups in total. The number of nitrogens with one attached hydrogen (secondary N) is 1. The lowest BCUT2D eigenvalue weighted by Crippen LogP contribution is -2.02. The Balaban J connectivity index is 2.39. The van der Waals surface area contributed by atoms with E-state index < -0.39 is 9.84 Å². The van der Waals surface area contributed by atoms with Crippen LogP contribution in [0.2, 0.25) is 0 Å². The normalized spacial score (nSPS) is 10.7. The van der Waals surface area contributed by atoms with Crippen LogP contribution in [0, 0.1) is 0 Å². The molecular weight excluding hydrogens is 264 g/mol. The molecule has 0 aliphatic rings. The van der Waals surface area contributed by atoms with Crippen molar-refractivity contribution in [1.29, 1.82) is 0 Å². The molecule has 0 aromatic heterocycles. The van der Waals surface area contributed by atoms with Gasteiger partial charge in [-0.1, -0.05) is 4.79 Å². The molecule has 0 atom stereocenters. The van der Waals surface area contributed by atoms with E-state index in [1.807, 2.05) is 0 Å². The third-order valence-electron chi connectivity index (χ3n) is 2.55. The van der Waals surface area contributed by atoms with Crippen molar-refractivity contribution in [2.24, 2.45) is 0 Å². The van der Waals surface area contributed by atoms with Crippen LogP contribution in [0.1, 0.15) is 0 Å². The summed E-state index contributed by atoms with van der Waals surface area (Å²) >= 11 is 0. The standard InChI is InChI=1S/C13H11N2O3S/c14-10-1-5-12(6-2-10)19(17,18)13-7-3-11(4-8-13)15-9-16/h1-8H,14H2,(H,15,16)/q+1. The third-order valence-corrected chi connectivity index (χ3v) is 4.34. The maximum Gasteiger partial charge on any atom is 0.458 e. The molecule has 0 bridgehead atoms. The van der Waals surface area contributed by atoms with Crippen LogP contribution in [0.3, 0.4) is 0 Å². The van der Waals surface area contributed by atoms with Crippen LogP contribution in [-0.4, -0.2) is 14.8 Å². The molecule has 2 rings (SSSR count). The second kappa shape index (κ2) is 5.06. The summed E-state index contributed by atoms with van der Waals surface area (Å²) in [5.41, 5.74) is 6.50. The molecule has 5 nitrogen and oxygen atoms in total. The number of rotatable bonds is 4. The third kappa shape index (κ3) is 2.70. The Morgan fingerprint density at radius 3 is 1.84 bits per heavy atom. The maximum absolute atomic E-state index is 12.3. The summed E-state index contributed by atoms with van der Waals surface area (Å²) in [4.78, 5) is 10.5. The fourth-order valence-electron chi connectivity index (χ4n) is 1.56. The van der Waals surface area contributed by atoms with Gasteiger partial charge >= 0.3 is 6.41 Å². The molecule has 0 saturated carbocycles. The first kappa shape index (κ1) is 13.0. The molecule has 0 radical (unpaired) electrons. The first-order valence-electron chi connectivity index (χ1n) is 5.38. The molecule has 6 heteroatoms. The van der Waals surface area contributed by atoms with Gasteiger partial charge in [0.2, 0.25) is 9.84 Å². The van der Waals surface area contributed by atoms with Crippen molar-refractivity contribution >= 4 is 27.6 Å². The number of nitrogen functional groups attached to an aromatic ring is 1. The highest BCUT2D eigenvalue weighted by atomic mass is 32.2. The number of hydrogen-bond acceptors (Lipinski definition) is 4. The van der Waals surface area contributed by atoms with E-state index in [4.69, 9.17) is 5.73 Å². The van der Waals surface area contributed by atoms with Crippen LogP contribution < -0.4 is 11.1 Å². The molecule has 2 aromatic carbocycles. The summed E-state index contributed by atoms with van der Waals surface area (Å²) < 4.78 is 24.6. The Kier molecular flexibility index (Phi) is 3.46. The molecule has 1 amide bonds. The average Bonchev–Trinajstić information content (AvgIpc) is 2.40. The topological polar surface area (TPSA) is 89.3 Å². The van der Waals surface area contributed by atoms with E-state index in [-0.39, 0.29) is 9.79 Å². The number of hydrogen-bond donors (Lipinski definition) is 2. The summed E-state index contributed by atoms with van der Waals surface area (Å²) in [7, 11) is -3.57. The zero-order valence-electron chi connectivity index (χ0n) is 9.83. The van der Waals surface area contributed by atoms with E-state index in [9.17, 15) is 13.2 Å². The monoisotopic (exact) mass is 275 g/mol. The Bertz CT molecular complexity index is 677. The van der Waals surface area contributed by atoms with E-state index in [1.54, 1.807) is 0 Å². The van der Waals surface area contributed by atoms with Gasteiger partial charge in [-0.15, -0.1) is 5.32 Å². The van der Waals surface area contributed by atoms with Gasteiger partial charge in [0, 0.05) is 17.8 Å². The fraction of sp³-hybridized carbons (Fsp3) is 0. The molecule has 2 aromatic rings. The summed E-state index contributed by atoms with van der Waals surface area (Å²) in [5, 5.41) is 2.32. The molecule has 0 aliphatic heterocycles. The Hall–Kier alpha value is -2.43. The Morgan fingerprint density at radius 1 is 0.895 bits per heavy atom. The lowest BCUT2D eigenvalue weighted by Gasteiger charge is -2.04. The van der Waals surface area contributed by atoms with Gasteiger partial charge in [0.25, 0.3) is 0 Å². The van der Waals surface area contributed by atoms with Gasteiger partial charge in [0.1, 0.15) is 0 Å². The summed E-state index contributed by atoms with van der Waals surface area (Å²) in [6, 6.07) is 11.8. The van der Waals surface area contributed by atoms with E-state index in [0.29, 0.717) is 11.4 Å². The number of nitrogens with two attached hydrogens (primary N) is 1. The van der Waals surface area contributed by atoms with Gasteiger partial charge in [0.15, 0.2) is 5.69 Å². The van der Waals surface area contributed by atoms with Gasteiger partial charge in [-0.2, -0.15) is 0 Å². The van der Waals surface area contributed by atoms with Crippen LogP contribution in [-0.2, 0) is 14.6 Å². The highest BCUT2D eigenvalue weighted by Crippen LogP contribution is 2.22. The van der Waals surface area contributed by atoms with Gasteiger partial charge in [0.05, 0.1) is 9.79 Å². The molecule has 0 saturated heterocycles. The molecule has 19 heavy (non-hydrogen) atoms. The number of amides is 1. The summed E-state index contributed by atoms with van der Waals surface area (Å²) in [6.45, 7) is 0. The highest BCUT2D eigenvalue weighted by molar-refractivity contribution is 7.91. The number of benzene rings is 2. The van der Waals surface area contributed by atoms with Gasteiger partial charge in [-0.25, -0.2) is 8.42 Å². The van der Waals surface area contributed by atoms with Crippen molar-refractivity contribution in [1.82, 2.24) is 0 Å². The van der Waals surface area contributed by atoms with Gasteiger partial charge in [-0.05, 0) is 36.4 Å². The number of sulfone groups is 1. The molecule has 0 aliphatic carbocycles. The minimum atomic E-state index is -3.57. The highest BCUT2D eigenvalue weighted by Gasteiger charge is 2.18. The van der Waals surface area contributed by atoms with Crippen molar-refractivity contribution < 1.29 is 13.2 Å². The molecule has 0 spiro atoms. The van der Waals surface area contributed by atoms with Crippen molar-refractivity contribution in [3.63, 3.8) is 0 Å². The summed E-state index contributed by atoms with van der Waals surface area (Å²) in [6.07, 6.45) is 1.52. The van der Waals surface area contributed by atoms with E-state index >= 15 is 0 Å². The zero-order valence-corrected chi connectivity index (χ0v) is 10.6. The summed E-state index contributed by atoms with van der Waals surface area (Å²) in [5.74, 6) is 0. The van der Waals surface area contributed by atoms with E-state index in [1.165, 1.54) is 54.9 Å². The second-order valence-corrected chi connectivity index (χ2v) is 5.77. The minimum Gasteiger partial charge on any atom is -0.399 e. The second-order valence-electron chi connectivity index (χ2n) is 3.82. The van der Waals surface area contributed by atoms with Crippen LogP contribution in [0.25, 0.3) is 0 Å².